The molecule has 0 aliphatic carbocycles. The standard InChI is InChI=1S/C12H20N2O2S2/c1-10(13-2)11-6-3-4-8-14(11)18(15,16)12-7-5-9-17-12/h5,7,9-11,13H,3-4,6,8H2,1-2H3. The Bertz CT molecular complexity index is 470. The third kappa shape index (κ3) is 2.61. The van der Waals surface area contributed by atoms with E-state index in [0.29, 0.717) is 10.8 Å². The first-order valence-electron chi connectivity index (χ1n) is 6.30. The van der Waals surface area contributed by atoms with E-state index in [1.165, 1.54) is 11.3 Å². The lowest BCUT2D eigenvalue weighted by Crippen LogP contribution is -2.52. The Hall–Kier alpha value is -0.430. The highest BCUT2D eigenvalue weighted by Crippen LogP contribution is 2.29. The van der Waals surface area contributed by atoms with Gasteiger partial charge >= 0.3 is 0 Å². The van der Waals surface area contributed by atoms with Gasteiger partial charge in [0, 0.05) is 18.6 Å². The molecule has 1 aromatic heterocycles. The van der Waals surface area contributed by atoms with Crippen LogP contribution in [0.1, 0.15) is 26.2 Å². The van der Waals surface area contributed by atoms with E-state index in [9.17, 15) is 8.42 Å². The smallest absolute Gasteiger partial charge is 0.252 e. The molecule has 102 valence electrons. The van der Waals surface area contributed by atoms with E-state index in [2.05, 4.69) is 5.32 Å². The van der Waals surface area contributed by atoms with Gasteiger partial charge in [-0.05, 0) is 38.3 Å². The molecule has 1 saturated heterocycles. The van der Waals surface area contributed by atoms with Crippen molar-refractivity contribution in [2.45, 2.75) is 42.5 Å². The Morgan fingerprint density at radius 1 is 1.50 bits per heavy atom. The van der Waals surface area contributed by atoms with Gasteiger partial charge in [0.25, 0.3) is 10.0 Å². The minimum atomic E-state index is -3.31. The number of hydrogen-bond acceptors (Lipinski definition) is 4. The topological polar surface area (TPSA) is 49.4 Å². The van der Waals surface area contributed by atoms with Crippen LogP contribution in [0.25, 0.3) is 0 Å². The third-order valence-electron chi connectivity index (χ3n) is 3.59. The van der Waals surface area contributed by atoms with Crippen LogP contribution in [0.2, 0.25) is 0 Å². The van der Waals surface area contributed by atoms with Crippen LogP contribution in [-0.2, 0) is 10.0 Å². The quantitative estimate of drug-likeness (QED) is 0.920. The van der Waals surface area contributed by atoms with Gasteiger partial charge < -0.3 is 5.32 Å². The normalized spacial score (nSPS) is 24.0. The number of sulfonamides is 1. The molecule has 0 bridgehead atoms. The van der Waals surface area contributed by atoms with E-state index in [1.807, 2.05) is 19.4 Å². The Morgan fingerprint density at radius 2 is 2.28 bits per heavy atom. The Kier molecular flexibility index (Phi) is 4.42. The molecule has 4 nitrogen and oxygen atoms in total. The summed E-state index contributed by atoms with van der Waals surface area (Å²) in [6.45, 7) is 2.68. The third-order valence-corrected chi connectivity index (χ3v) is 6.89. The minimum Gasteiger partial charge on any atom is -0.316 e. The molecule has 2 unspecified atom stereocenters. The van der Waals surface area contributed by atoms with Crippen molar-refractivity contribution in [1.82, 2.24) is 9.62 Å². The summed E-state index contributed by atoms with van der Waals surface area (Å²) in [5.74, 6) is 0. The second-order valence-corrected chi connectivity index (χ2v) is 7.75. The lowest BCUT2D eigenvalue weighted by Gasteiger charge is -2.37. The summed E-state index contributed by atoms with van der Waals surface area (Å²) in [7, 11) is -1.43. The highest BCUT2D eigenvalue weighted by Gasteiger charge is 2.36. The molecule has 0 radical (unpaired) electrons. The molecular weight excluding hydrogens is 268 g/mol. The summed E-state index contributed by atoms with van der Waals surface area (Å²) in [5.41, 5.74) is 0. The van der Waals surface area contributed by atoms with E-state index in [4.69, 9.17) is 0 Å². The minimum absolute atomic E-state index is 0.0656. The van der Waals surface area contributed by atoms with E-state index >= 15 is 0 Å². The molecule has 0 amide bonds. The molecule has 2 rings (SSSR count). The van der Waals surface area contributed by atoms with Crippen molar-refractivity contribution >= 4 is 21.4 Å². The lowest BCUT2D eigenvalue weighted by molar-refractivity contribution is 0.214. The first kappa shape index (κ1) is 14.0. The molecular formula is C12H20N2O2S2. The first-order valence-corrected chi connectivity index (χ1v) is 8.62. The van der Waals surface area contributed by atoms with Crippen LogP contribution in [0.3, 0.4) is 0 Å². The van der Waals surface area contributed by atoms with Gasteiger partial charge in [-0.2, -0.15) is 4.31 Å². The fraction of sp³-hybridized carbons (Fsp3) is 0.667. The number of thiophene rings is 1. The Morgan fingerprint density at radius 3 is 2.89 bits per heavy atom. The van der Waals surface area contributed by atoms with E-state index in [-0.39, 0.29) is 12.1 Å². The van der Waals surface area contributed by atoms with Gasteiger partial charge in [0.05, 0.1) is 0 Å². The van der Waals surface area contributed by atoms with Crippen LogP contribution in [0, 0.1) is 0 Å². The zero-order valence-corrected chi connectivity index (χ0v) is 12.4. The summed E-state index contributed by atoms with van der Waals surface area (Å²) in [5, 5.41) is 4.99. The van der Waals surface area contributed by atoms with Gasteiger partial charge in [0.1, 0.15) is 4.21 Å². The molecule has 0 saturated carbocycles. The average molecular weight is 288 g/mol. The largest absolute Gasteiger partial charge is 0.316 e. The maximum Gasteiger partial charge on any atom is 0.252 e. The summed E-state index contributed by atoms with van der Waals surface area (Å²) < 4.78 is 27.3. The van der Waals surface area contributed by atoms with Crippen LogP contribution in [0.4, 0.5) is 0 Å². The highest BCUT2D eigenvalue weighted by atomic mass is 32.2. The second kappa shape index (κ2) is 5.69. The first-order chi connectivity index (χ1) is 8.57. The predicted molar refractivity (Wildman–Crippen MR) is 74.4 cm³/mol. The molecule has 2 atom stereocenters. The van der Waals surface area contributed by atoms with E-state index in [1.54, 1.807) is 16.4 Å². The van der Waals surface area contributed by atoms with Gasteiger partial charge in [-0.25, -0.2) is 8.42 Å². The van der Waals surface area contributed by atoms with Crippen molar-refractivity contribution in [3.63, 3.8) is 0 Å². The molecule has 0 spiro atoms. The maximum absolute atomic E-state index is 12.6. The molecule has 2 heterocycles. The van der Waals surface area contributed by atoms with Crippen LogP contribution in [-0.4, -0.2) is 38.4 Å². The van der Waals surface area contributed by atoms with Crippen molar-refractivity contribution in [3.05, 3.63) is 17.5 Å². The second-order valence-electron chi connectivity index (χ2n) is 4.69. The zero-order chi connectivity index (χ0) is 13.2. The highest BCUT2D eigenvalue weighted by molar-refractivity contribution is 7.91. The number of hydrogen-bond donors (Lipinski definition) is 1. The molecule has 18 heavy (non-hydrogen) atoms. The van der Waals surface area contributed by atoms with Gasteiger partial charge in [0.2, 0.25) is 0 Å². The molecule has 1 N–H and O–H groups in total. The van der Waals surface area contributed by atoms with Crippen molar-refractivity contribution in [2.75, 3.05) is 13.6 Å². The summed E-state index contributed by atoms with van der Waals surface area (Å²) in [4.78, 5) is 0. The number of nitrogens with one attached hydrogen (secondary N) is 1. The van der Waals surface area contributed by atoms with Crippen LogP contribution in [0.15, 0.2) is 21.7 Å². The van der Waals surface area contributed by atoms with Crippen molar-refractivity contribution in [1.29, 1.82) is 0 Å². The Labute approximate surface area is 113 Å². The number of likely N-dealkylation sites (N-methyl/N-ethyl adjacent to an activating group) is 1. The van der Waals surface area contributed by atoms with Gasteiger partial charge in [0.15, 0.2) is 0 Å². The summed E-state index contributed by atoms with van der Waals surface area (Å²) in [6, 6.07) is 3.73. The van der Waals surface area contributed by atoms with Gasteiger partial charge in [-0.15, -0.1) is 11.3 Å². The van der Waals surface area contributed by atoms with Crippen molar-refractivity contribution in [3.8, 4) is 0 Å². The number of rotatable bonds is 4. The number of nitrogens with zero attached hydrogens (tertiary/aromatic N) is 1. The van der Waals surface area contributed by atoms with Crippen molar-refractivity contribution in [2.24, 2.45) is 0 Å². The van der Waals surface area contributed by atoms with Crippen LogP contribution >= 0.6 is 11.3 Å². The zero-order valence-electron chi connectivity index (χ0n) is 10.8. The average Bonchev–Trinajstić information content (AvgIpc) is 2.92. The summed E-state index contributed by atoms with van der Waals surface area (Å²) in [6.07, 6.45) is 3.00. The molecule has 1 aliphatic rings. The van der Waals surface area contributed by atoms with Crippen molar-refractivity contribution < 1.29 is 8.42 Å². The van der Waals surface area contributed by atoms with Gasteiger partial charge in [-0.3, -0.25) is 0 Å². The molecule has 6 heteroatoms. The fourth-order valence-electron chi connectivity index (χ4n) is 2.45. The summed E-state index contributed by atoms with van der Waals surface area (Å²) >= 11 is 1.29. The molecule has 1 aromatic rings. The fourth-order valence-corrected chi connectivity index (χ4v) is 5.33. The van der Waals surface area contributed by atoms with Gasteiger partial charge in [-0.1, -0.05) is 12.5 Å². The van der Waals surface area contributed by atoms with Crippen LogP contribution < -0.4 is 5.32 Å². The molecule has 1 fully saturated rings. The maximum atomic E-state index is 12.6. The molecule has 1 aliphatic heterocycles. The number of piperidine rings is 1. The van der Waals surface area contributed by atoms with E-state index < -0.39 is 10.0 Å². The van der Waals surface area contributed by atoms with Crippen LogP contribution in [0.5, 0.6) is 0 Å². The predicted octanol–water partition coefficient (Wildman–Crippen LogP) is 1.90. The van der Waals surface area contributed by atoms with E-state index in [0.717, 1.165) is 19.3 Å². The Balaban J connectivity index is 2.29. The molecule has 0 aromatic carbocycles. The lowest BCUT2D eigenvalue weighted by atomic mass is 9.99. The monoisotopic (exact) mass is 288 g/mol. The SMILES string of the molecule is CNC(C)C1CCCCN1S(=O)(=O)c1cccs1.